The lowest BCUT2D eigenvalue weighted by Crippen LogP contribution is -2.23. The van der Waals surface area contributed by atoms with Crippen molar-refractivity contribution in [3.05, 3.63) is 46.9 Å². The highest BCUT2D eigenvalue weighted by atomic mass is 19.1. The molecule has 0 saturated heterocycles. The lowest BCUT2D eigenvalue weighted by molar-refractivity contribution is -0.129. The number of fused-ring (bicyclic) bond motifs is 1. The molecule has 0 aliphatic carbocycles. The van der Waals surface area contributed by atoms with Crippen molar-refractivity contribution >= 4 is 17.6 Å². The van der Waals surface area contributed by atoms with Gasteiger partial charge in [0.05, 0.1) is 25.2 Å². The molecule has 2 N–H and O–H groups in total. The molecule has 0 fully saturated rings. The molecule has 2 heterocycles. The summed E-state index contributed by atoms with van der Waals surface area (Å²) in [5.41, 5.74) is 2.33. The molecule has 114 valence electrons. The Kier molecular flexibility index (Phi) is 3.62. The van der Waals surface area contributed by atoms with Crippen molar-refractivity contribution in [2.24, 2.45) is 0 Å². The molecule has 1 aromatic heterocycles. The van der Waals surface area contributed by atoms with Crippen LogP contribution in [0.1, 0.15) is 23.7 Å². The van der Waals surface area contributed by atoms with E-state index in [1.807, 2.05) is 0 Å². The molecule has 1 aliphatic heterocycles. The lowest BCUT2D eigenvalue weighted by Gasteiger charge is -2.12. The average Bonchev–Trinajstić information content (AvgIpc) is 3.04. The minimum Gasteiger partial charge on any atom is -0.332 e. The van der Waals surface area contributed by atoms with Gasteiger partial charge in [-0.1, -0.05) is 12.1 Å². The molecule has 0 saturated carbocycles. The molecule has 2 aromatic rings. The maximum Gasteiger partial charge on any atom is 0.229 e. The van der Waals surface area contributed by atoms with Gasteiger partial charge in [0, 0.05) is 12.5 Å². The van der Waals surface area contributed by atoms with Crippen molar-refractivity contribution in [2.75, 3.05) is 5.32 Å². The summed E-state index contributed by atoms with van der Waals surface area (Å²) in [7, 11) is 0. The van der Waals surface area contributed by atoms with Gasteiger partial charge < -0.3 is 10.2 Å². The van der Waals surface area contributed by atoms with E-state index in [2.05, 4.69) is 15.5 Å². The van der Waals surface area contributed by atoms with E-state index in [9.17, 15) is 14.0 Å². The first kappa shape index (κ1) is 14.2. The fraction of sp³-hybridized carbons (Fsp3) is 0.267. The third kappa shape index (κ3) is 2.83. The van der Waals surface area contributed by atoms with Crippen LogP contribution in [0.3, 0.4) is 0 Å². The van der Waals surface area contributed by atoms with Crippen LogP contribution in [0.2, 0.25) is 0 Å². The molecule has 1 aliphatic rings. The van der Waals surface area contributed by atoms with Crippen molar-refractivity contribution in [1.82, 2.24) is 15.1 Å². The first-order valence-corrected chi connectivity index (χ1v) is 6.89. The first-order chi connectivity index (χ1) is 10.5. The quantitative estimate of drug-likeness (QED) is 0.904. The molecule has 0 unspecified atom stereocenters. The number of rotatable bonds is 3. The molecule has 2 amide bonds. The van der Waals surface area contributed by atoms with E-state index in [0.29, 0.717) is 18.9 Å². The van der Waals surface area contributed by atoms with Gasteiger partial charge in [0.1, 0.15) is 11.6 Å². The highest BCUT2D eigenvalue weighted by Gasteiger charge is 2.27. The van der Waals surface area contributed by atoms with Gasteiger partial charge in [-0.15, -0.1) is 0 Å². The second-order valence-corrected chi connectivity index (χ2v) is 5.25. The number of halogens is 1. The number of hydrogen-bond donors (Lipinski definition) is 2. The first-order valence-electron chi connectivity index (χ1n) is 6.89. The minimum absolute atomic E-state index is 0.0263. The van der Waals surface area contributed by atoms with Crippen LogP contribution in [0, 0.1) is 5.82 Å². The Hall–Kier alpha value is -2.70. The Morgan fingerprint density at radius 3 is 2.73 bits per heavy atom. The molecule has 0 radical (unpaired) electrons. The predicted molar refractivity (Wildman–Crippen MR) is 77.2 cm³/mol. The molecule has 3 rings (SSSR count). The molecule has 6 nitrogen and oxygen atoms in total. The van der Waals surface area contributed by atoms with Crippen molar-refractivity contribution < 1.29 is 14.0 Å². The Morgan fingerprint density at radius 2 is 2.05 bits per heavy atom. The van der Waals surface area contributed by atoms with Gasteiger partial charge in [-0.05, 0) is 17.7 Å². The van der Waals surface area contributed by atoms with Crippen LogP contribution in [-0.2, 0) is 29.1 Å². The van der Waals surface area contributed by atoms with Gasteiger partial charge in [-0.25, -0.2) is 4.39 Å². The van der Waals surface area contributed by atoms with Crippen LogP contribution < -0.4 is 5.32 Å². The van der Waals surface area contributed by atoms with Gasteiger partial charge in [0.25, 0.3) is 0 Å². The molecule has 0 spiro atoms. The number of amides is 2. The van der Waals surface area contributed by atoms with Crippen LogP contribution in [0.25, 0.3) is 0 Å². The van der Waals surface area contributed by atoms with Crippen molar-refractivity contribution in [3.63, 3.8) is 0 Å². The fourth-order valence-corrected chi connectivity index (χ4v) is 2.43. The average molecular weight is 302 g/mol. The second-order valence-electron chi connectivity index (χ2n) is 5.25. The van der Waals surface area contributed by atoms with Gasteiger partial charge in [-0.3, -0.25) is 14.7 Å². The zero-order chi connectivity index (χ0) is 15.7. The summed E-state index contributed by atoms with van der Waals surface area (Å²) in [6.45, 7) is 2.39. The summed E-state index contributed by atoms with van der Waals surface area (Å²) in [5, 5.41) is 9.66. The van der Waals surface area contributed by atoms with E-state index in [0.717, 1.165) is 16.8 Å². The van der Waals surface area contributed by atoms with E-state index in [1.54, 1.807) is 17.0 Å². The summed E-state index contributed by atoms with van der Waals surface area (Å²) in [5.74, 6) is -0.0633. The number of anilines is 1. The summed E-state index contributed by atoms with van der Waals surface area (Å²) in [4.78, 5) is 25.1. The molecule has 0 atom stereocenters. The Bertz CT molecular complexity index is 724. The summed E-state index contributed by atoms with van der Waals surface area (Å²) < 4.78 is 12.8. The van der Waals surface area contributed by atoms with Crippen LogP contribution in [0.4, 0.5) is 10.2 Å². The van der Waals surface area contributed by atoms with Crippen molar-refractivity contribution in [2.45, 2.75) is 26.4 Å². The van der Waals surface area contributed by atoms with Crippen molar-refractivity contribution in [3.8, 4) is 0 Å². The molecule has 22 heavy (non-hydrogen) atoms. The number of nitrogens with zero attached hydrogens (tertiary/aromatic N) is 2. The molecule has 0 bridgehead atoms. The second kappa shape index (κ2) is 5.59. The highest BCUT2D eigenvalue weighted by molar-refractivity contribution is 5.92. The van der Waals surface area contributed by atoms with Crippen LogP contribution in [0.5, 0.6) is 0 Å². The standard InChI is InChI=1S/C15H15FN4O2/c1-9(21)20-7-12-13(8-20)18-19-15(12)17-14(22)6-10-2-4-11(16)5-3-10/h2-5H,6-8H2,1H3,(H2,17,18,19,22). The molecule has 1 aromatic carbocycles. The predicted octanol–water partition coefficient (Wildman–Crippen LogP) is 1.59. The Labute approximate surface area is 126 Å². The van der Waals surface area contributed by atoms with Gasteiger partial charge in [0.2, 0.25) is 11.8 Å². The highest BCUT2D eigenvalue weighted by Crippen LogP contribution is 2.27. The summed E-state index contributed by atoms with van der Waals surface area (Å²) in [6, 6.07) is 5.79. The Morgan fingerprint density at radius 1 is 1.32 bits per heavy atom. The monoisotopic (exact) mass is 302 g/mol. The third-order valence-electron chi connectivity index (χ3n) is 3.63. The normalized spacial score (nSPS) is 13.1. The molecule has 7 heteroatoms. The van der Waals surface area contributed by atoms with E-state index in [-0.39, 0.29) is 24.1 Å². The van der Waals surface area contributed by atoms with E-state index < -0.39 is 0 Å². The van der Waals surface area contributed by atoms with Crippen molar-refractivity contribution in [1.29, 1.82) is 0 Å². The van der Waals surface area contributed by atoms with E-state index in [1.165, 1.54) is 19.1 Å². The van der Waals surface area contributed by atoms with Crippen LogP contribution in [0.15, 0.2) is 24.3 Å². The summed E-state index contributed by atoms with van der Waals surface area (Å²) >= 11 is 0. The zero-order valence-electron chi connectivity index (χ0n) is 12.0. The number of benzene rings is 1. The SMILES string of the molecule is CC(=O)N1Cc2n[nH]c(NC(=O)Cc3ccc(F)cc3)c2C1. The largest absolute Gasteiger partial charge is 0.332 e. The zero-order valence-corrected chi connectivity index (χ0v) is 12.0. The van der Waals surface area contributed by atoms with Gasteiger partial charge in [0.15, 0.2) is 0 Å². The topological polar surface area (TPSA) is 78.1 Å². The lowest BCUT2D eigenvalue weighted by atomic mass is 10.1. The maximum absolute atomic E-state index is 12.8. The number of aromatic amines is 1. The van der Waals surface area contributed by atoms with E-state index >= 15 is 0 Å². The van der Waals surface area contributed by atoms with Gasteiger partial charge in [-0.2, -0.15) is 5.10 Å². The number of hydrogen-bond acceptors (Lipinski definition) is 3. The summed E-state index contributed by atoms with van der Waals surface area (Å²) in [6.07, 6.45) is 0.143. The number of carbonyl (C=O) groups is 2. The van der Waals surface area contributed by atoms with E-state index in [4.69, 9.17) is 0 Å². The smallest absolute Gasteiger partial charge is 0.229 e. The molecular formula is C15H15FN4O2. The number of H-pyrrole nitrogens is 1. The number of aromatic nitrogens is 2. The third-order valence-corrected chi connectivity index (χ3v) is 3.63. The number of nitrogens with one attached hydrogen (secondary N) is 2. The minimum atomic E-state index is -0.333. The Balaban J connectivity index is 1.66. The number of carbonyl (C=O) groups excluding carboxylic acids is 2. The maximum atomic E-state index is 12.8. The van der Waals surface area contributed by atoms with Gasteiger partial charge >= 0.3 is 0 Å². The molecular weight excluding hydrogens is 287 g/mol. The van der Waals surface area contributed by atoms with Crippen LogP contribution in [-0.4, -0.2) is 26.9 Å². The fourth-order valence-electron chi connectivity index (χ4n) is 2.43. The van der Waals surface area contributed by atoms with Crippen LogP contribution >= 0.6 is 0 Å².